The van der Waals surface area contributed by atoms with Crippen LogP contribution in [0.1, 0.15) is 24.8 Å². The second-order valence-electron chi connectivity index (χ2n) is 5.82. The Morgan fingerprint density at radius 1 is 1.48 bits per heavy atom. The molecule has 0 spiro atoms. The fourth-order valence-electron chi connectivity index (χ4n) is 2.89. The molecule has 1 aromatic carbocycles. The van der Waals surface area contributed by atoms with Gasteiger partial charge >= 0.3 is 0 Å². The molecule has 5 heteroatoms. The van der Waals surface area contributed by atoms with Crippen LogP contribution >= 0.6 is 11.3 Å². The number of benzene rings is 1. The number of fused-ring (bicyclic) bond motifs is 1. The van der Waals surface area contributed by atoms with Crippen LogP contribution in [0.4, 0.5) is 0 Å². The topological polar surface area (TPSA) is 45.2 Å². The third kappa shape index (κ3) is 3.09. The van der Waals surface area contributed by atoms with Gasteiger partial charge < -0.3 is 10.2 Å². The molecule has 1 aromatic heterocycles. The van der Waals surface area contributed by atoms with Crippen molar-refractivity contribution in [1.29, 1.82) is 0 Å². The van der Waals surface area contributed by atoms with E-state index in [1.165, 1.54) is 4.70 Å². The highest BCUT2D eigenvalue weighted by atomic mass is 32.1. The maximum atomic E-state index is 12.6. The quantitative estimate of drug-likeness (QED) is 0.948. The van der Waals surface area contributed by atoms with Crippen LogP contribution in [0.2, 0.25) is 0 Å². The molecule has 4 nitrogen and oxygen atoms in total. The molecule has 1 aliphatic heterocycles. The highest BCUT2D eigenvalue weighted by Gasteiger charge is 2.29. The number of rotatable bonds is 3. The summed E-state index contributed by atoms with van der Waals surface area (Å²) in [5.74, 6) is 0.588. The third-order valence-corrected chi connectivity index (χ3v) is 5.14. The molecule has 21 heavy (non-hydrogen) atoms. The van der Waals surface area contributed by atoms with E-state index in [0.717, 1.165) is 29.9 Å². The Morgan fingerprint density at radius 3 is 3.05 bits per heavy atom. The molecule has 0 saturated carbocycles. The van der Waals surface area contributed by atoms with E-state index in [0.29, 0.717) is 12.5 Å². The van der Waals surface area contributed by atoms with Crippen molar-refractivity contribution in [3.8, 4) is 0 Å². The molecular formula is C16H21N3OS. The predicted molar refractivity (Wildman–Crippen MR) is 86.3 cm³/mol. The first-order valence-electron chi connectivity index (χ1n) is 7.48. The van der Waals surface area contributed by atoms with Crippen LogP contribution in [-0.2, 0) is 11.3 Å². The summed E-state index contributed by atoms with van der Waals surface area (Å²) in [6.07, 6.45) is 2.28. The molecule has 2 unspecified atom stereocenters. The van der Waals surface area contributed by atoms with Crippen LogP contribution in [0.5, 0.6) is 0 Å². The van der Waals surface area contributed by atoms with Gasteiger partial charge in [-0.3, -0.25) is 4.79 Å². The molecule has 1 fully saturated rings. The van der Waals surface area contributed by atoms with E-state index in [1.54, 1.807) is 16.2 Å². The third-order valence-electron chi connectivity index (χ3n) is 4.12. The lowest BCUT2D eigenvalue weighted by Gasteiger charge is -2.32. The van der Waals surface area contributed by atoms with E-state index in [4.69, 9.17) is 0 Å². The Labute approximate surface area is 129 Å². The summed E-state index contributed by atoms with van der Waals surface area (Å²) in [4.78, 5) is 19.0. The second kappa shape index (κ2) is 6.12. The zero-order valence-corrected chi connectivity index (χ0v) is 13.3. The standard InChI is InChI=1S/C16H21N3OS/c1-11-6-5-9-17-15(11)16(20)19(2)10-14-18-12-7-3-4-8-13(12)21-14/h3-4,7-8,11,15,17H,5-6,9-10H2,1-2H3. The van der Waals surface area contributed by atoms with Gasteiger partial charge in [0.15, 0.2) is 0 Å². The van der Waals surface area contributed by atoms with E-state index in [1.807, 2.05) is 25.2 Å². The first-order chi connectivity index (χ1) is 10.1. The first-order valence-corrected chi connectivity index (χ1v) is 8.29. The van der Waals surface area contributed by atoms with Crippen LogP contribution in [0, 0.1) is 5.92 Å². The molecule has 1 aliphatic rings. The van der Waals surface area contributed by atoms with Crippen molar-refractivity contribution in [2.75, 3.05) is 13.6 Å². The number of hydrogen-bond donors (Lipinski definition) is 1. The molecule has 1 amide bonds. The number of para-hydroxylation sites is 1. The summed E-state index contributed by atoms with van der Waals surface area (Å²) >= 11 is 1.67. The maximum Gasteiger partial charge on any atom is 0.240 e. The number of nitrogens with zero attached hydrogens (tertiary/aromatic N) is 2. The van der Waals surface area contributed by atoms with Crippen LogP contribution in [0.25, 0.3) is 10.2 Å². The molecule has 2 aromatic rings. The van der Waals surface area contributed by atoms with E-state index in [9.17, 15) is 4.79 Å². The molecule has 0 radical (unpaired) electrons. The van der Waals surface area contributed by atoms with Crippen molar-refractivity contribution in [1.82, 2.24) is 15.2 Å². The van der Waals surface area contributed by atoms with Gasteiger partial charge in [-0.15, -0.1) is 11.3 Å². The summed E-state index contributed by atoms with van der Waals surface area (Å²) < 4.78 is 1.18. The minimum atomic E-state index is -0.0434. The van der Waals surface area contributed by atoms with E-state index < -0.39 is 0 Å². The second-order valence-corrected chi connectivity index (χ2v) is 6.94. The number of carbonyl (C=O) groups excluding carboxylic acids is 1. The van der Waals surface area contributed by atoms with Gasteiger partial charge in [-0.05, 0) is 37.4 Å². The molecule has 2 atom stereocenters. The van der Waals surface area contributed by atoms with E-state index in [-0.39, 0.29) is 11.9 Å². The number of amides is 1. The summed E-state index contributed by atoms with van der Waals surface area (Å²) in [7, 11) is 1.87. The van der Waals surface area contributed by atoms with E-state index in [2.05, 4.69) is 23.3 Å². The van der Waals surface area contributed by atoms with Crippen LogP contribution in [0.15, 0.2) is 24.3 Å². The number of carbonyl (C=O) groups is 1. The number of hydrogen-bond acceptors (Lipinski definition) is 4. The van der Waals surface area contributed by atoms with Gasteiger partial charge in [0.05, 0.1) is 22.8 Å². The summed E-state index contributed by atoms with van der Waals surface area (Å²) in [5.41, 5.74) is 1.02. The lowest BCUT2D eigenvalue weighted by Crippen LogP contribution is -2.51. The molecule has 1 saturated heterocycles. The van der Waals surface area contributed by atoms with Crippen molar-refractivity contribution in [3.05, 3.63) is 29.3 Å². The van der Waals surface area contributed by atoms with Gasteiger partial charge in [-0.1, -0.05) is 19.1 Å². The number of nitrogens with one attached hydrogen (secondary N) is 1. The zero-order chi connectivity index (χ0) is 14.8. The predicted octanol–water partition coefficient (Wildman–Crippen LogP) is 2.64. The van der Waals surface area contributed by atoms with Crippen molar-refractivity contribution in [2.45, 2.75) is 32.4 Å². The molecule has 3 rings (SSSR count). The fourth-order valence-corrected chi connectivity index (χ4v) is 3.91. The number of piperidine rings is 1. The highest BCUT2D eigenvalue weighted by molar-refractivity contribution is 7.18. The van der Waals surface area contributed by atoms with Gasteiger partial charge in [-0.2, -0.15) is 0 Å². The lowest BCUT2D eigenvalue weighted by atomic mass is 9.92. The largest absolute Gasteiger partial charge is 0.338 e. The van der Waals surface area contributed by atoms with Crippen LogP contribution in [-0.4, -0.2) is 35.4 Å². The summed E-state index contributed by atoms with van der Waals surface area (Å²) in [5, 5.41) is 4.35. The van der Waals surface area contributed by atoms with Gasteiger partial charge in [0.2, 0.25) is 5.91 Å². The summed E-state index contributed by atoms with van der Waals surface area (Å²) in [6, 6.07) is 8.06. The average molecular weight is 303 g/mol. The Bertz CT molecular complexity index is 606. The normalized spacial score (nSPS) is 22.4. The highest BCUT2D eigenvalue weighted by Crippen LogP contribution is 2.23. The van der Waals surface area contributed by atoms with Gasteiger partial charge in [-0.25, -0.2) is 4.98 Å². The molecule has 0 aliphatic carbocycles. The number of aromatic nitrogens is 1. The number of likely N-dealkylation sites (N-methyl/N-ethyl adjacent to an activating group) is 1. The Balaban J connectivity index is 1.70. The monoisotopic (exact) mass is 303 g/mol. The smallest absolute Gasteiger partial charge is 0.240 e. The zero-order valence-electron chi connectivity index (χ0n) is 12.5. The fraction of sp³-hybridized carbons (Fsp3) is 0.500. The van der Waals surface area contributed by atoms with Crippen LogP contribution in [0.3, 0.4) is 0 Å². The SMILES string of the molecule is CC1CCCNC1C(=O)N(C)Cc1nc2ccccc2s1. The minimum Gasteiger partial charge on any atom is -0.338 e. The van der Waals surface area contributed by atoms with Crippen molar-refractivity contribution in [3.63, 3.8) is 0 Å². The maximum absolute atomic E-state index is 12.6. The van der Waals surface area contributed by atoms with Gasteiger partial charge in [0, 0.05) is 7.05 Å². The first kappa shape index (κ1) is 14.5. The molecule has 0 bridgehead atoms. The Hall–Kier alpha value is -1.46. The molecule has 1 N–H and O–H groups in total. The van der Waals surface area contributed by atoms with Gasteiger partial charge in [0.25, 0.3) is 0 Å². The summed E-state index contributed by atoms with van der Waals surface area (Å²) in [6.45, 7) is 3.68. The molecular weight excluding hydrogens is 282 g/mol. The average Bonchev–Trinajstić information content (AvgIpc) is 2.89. The lowest BCUT2D eigenvalue weighted by molar-refractivity contribution is -0.134. The molecule has 2 heterocycles. The number of thiazole rings is 1. The van der Waals surface area contributed by atoms with Crippen molar-refractivity contribution in [2.24, 2.45) is 5.92 Å². The van der Waals surface area contributed by atoms with Gasteiger partial charge in [0.1, 0.15) is 5.01 Å². The molecule has 112 valence electrons. The minimum absolute atomic E-state index is 0.0434. The van der Waals surface area contributed by atoms with Crippen molar-refractivity contribution >= 4 is 27.5 Å². The van der Waals surface area contributed by atoms with Crippen molar-refractivity contribution < 1.29 is 4.79 Å². The Morgan fingerprint density at radius 2 is 2.29 bits per heavy atom. The van der Waals surface area contributed by atoms with E-state index >= 15 is 0 Å². The Kier molecular flexibility index (Phi) is 4.22. The van der Waals surface area contributed by atoms with Crippen LogP contribution < -0.4 is 5.32 Å².